The van der Waals surface area contributed by atoms with E-state index >= 15 is 0 Å². The largest absolute Gasteiger partial charge is 0.444 e. The summed E-state index contributed by atoms with van der Waals surface area (Å²) in [6, 6.07) is 4.05. The first-order valence-electron chi connectivity index (χ1n) is 6.59. The van der Waals surface area contributed by atoms with E-state index in [0.717, 1.165) is 42.6 Å². The number of hydrogen-bond donors (Lipinski definition) is 1. The second-order valence-electron chi connectivity index (χ2n) is 5.53. The number of nitrogens with zero attached hydrogens (tertiary/aromatic N) is 2. The summed E-state index contributed by atoms with van der Waals surface area (Å²) in [6.45, 7) is 8.48. The van der Waals surface area contributed by atoms with Crippen molar-refractivity contribution in [3.8, 4) is 10.8 Å². The first-order chi connectivity index (χ1) is 9.15. The normalized spacial score (nSPS) is 19.7. The van der Waals surface area contributed by atoms with Gasteiger partial charge in [0.15, 0.2) is 0 Å². The highest BCUT2D eigenvalue weighted by Gasteiger charge is 2.30. The quantitative estimate of drug-likeness (QED) is 0.936. The van der Waals surface area contributed by atoms with Crippen LogP contribution in [-0.2, 0) is 6.54 Å². The number of rotatable bonds is 3. The van der Waals surface area contributed by atoms with Crippen LogP contribution in [0.4, 0.5) is 0 Å². The van der Waals surface area contributed by atoms with Crippen molar-refractivity contribution in [3.05, 3.63) is 29.5 Å². The SMILES string of the molecule is CC1(C)CNCCN1Cc1coc(-c2cccs2)n1. The Morgan fingerprint density at radius 2 is 2.42 bits per heavy atom. The Morgan fingerprint density at radius 3 is 3.16 bits per heavy atom. The maximum Gasteiger partial charge on any atom is 0.236 e. The van der Waals surface area contributed by atoms with Crippen LogP contribution in [-0.4, -0.2) is 35.1 Å². The molecule has 0 bridgehead atoms. The van der Waals surface area contributed by atoms with Gasteiger partial charge in [-0.2, -0.15) is 0 Å². The van der Waals surface area contributed by atoms with Crippen molar-refractivity contribution in [2.45, 2.75) is 25.9 Å². The molecule has 2 aromatic rings. The average Bonchev–Trinajstić information content (AvgIpc) is 3.02. The van der Waals surface area contributed by atoms with E-state index < -0.39 is 0 Å². The fourth-order valence-corrected chi connectivity index (χ4v) is 3.06. The van der Waals surface area contributed by atoms with Gasteiger partial charge in [0.1, 0.15) is 6.26 Å². The molecule has 3 heterocycles. The third-order valence-corrected chi connectivity index (χ3v) is 4.47. The molecule has 0 atom stereocenters. The van der Waals surface area contributed by atoms with Gasteiger partial charge in [0.05, 0.1) is 10.6 Å². The second-order valence-corrected chi connectivity index (χ2v) is 6.48. The third-order valence-electron chi connectivity index (χ3n) is 3.61. The molecule has 0 amide bonds. The minimum Gasteiger partial charge on any atom is -0.444 e. The predicted molar refractivity (Wildman–Crippen MR) is 77.2 cm³/mol. The smallest absolute Gasteiger partial charge is 0.236 e. The lowest BCUT2D eigenvalue weighted by atomic mass is 10.00. The van der Waals surface area contributed by atoms with Gasteiger partial charge in [0.25, 0.3) is 0 Å². The predicted octanol–water partition coefficient (Wildman–Crippen LogP) is 2.59. The zero-order valence-electron chi connectivity index (χ0n) is 11.3. The van der Waals surface area contributed by atoms with Gasteiger partial charge in [-0.1, -0.05) is 6.07 Å². The van der Waals surface area contributed by atoms with E-state index in [0.29, 0.717) is 0 Å². The molecule has 0 aliphatic carbocycles. The van der Waals surface area contributed by atoms with Crippen molar-refractivity contribution in [1.29, 1.82) is 0 Å². The van der Waals surface area contributed by atoms with Gasteiger partial charge in [0.2, 0.25) is 5.89 Å². The van der Waals surface area contributed by atoms with E-state index in [9.17, 15) is 0 Å². The van der Waals surface area contributed by atoms with Crippen LogP contribution in [0.2, 0.25) is 0 Å². The Kier molecular flexibility index (Phi) is 3.43. The van der Waals surface area contributed by atoms with E-state index in [1.165, 1.54) is 0 Å². The van der Waals surface area contributed by atoms with Gasteiger partial charge in [-0.05, 0) is 25.3 Å². The van der Waals surface area contributed by atoms with Gasteiger partial charge in [-0.15, -0.1) is 11.3 Å². The summed E-state index contributed by atoms with van der Waals surface area (Å²) in [5.74, 6) is 0.734. The van der Waals surface area contributed by atoms with E-state index in [1.54, 1.807) is 17.6 Å². The van der Waals surface area contributed by atoms with Crippen molar-refractivity contribution < 1.29 is 4.42 Å². The molecule has 102 valence electrons. The van der Waals surface area contributed by atoms with Crippen LogP contribution in [0.3, 0.4) is 0 Å². The van der Waals surface area contributed by atoms with Gasteiger partial charge >= 0.3 is 0 Å². The highest BCUT2D eigenvalue weighted by molar-refractivity contribution is 7.13. The van der Waals surface area contributed by atoms with Crippen molar-refractivity contribution in [2.75, 3.05) is 19.6 Å². The molecule has 3 rings (SSSR count). The molecule has 0 unspecified atom stereocenters. The third kappa shape index (κ3) is 2.73. The number of hydrogen-bond acceptors (Lipinski definition) is 5. The second kappa shape index (κ2) is 5.07. The Hall–Kier alpha value is -1.17. The van der Waals surface area contributed by atoms with Crippen LogP contribution in [0.1, 0.15) is 19.5 Å². The molecule has 1 N–H and O–H groups in total. The number of thiophene rings is 1. The van der Waals surface area contributed by atoms with E-state index in [4.69, 9.17) is 4.42 Å². The molecule has 4 nitrogen and oxygen atoms in total. The minimum absolute atomic E-state index is 0.167. The summed E-state index contributed by atoms with van der Waals surface area (Å²) in [5, 5.41) is 5.47. The Morgan fingerprint density at radius 1 is 1.53 bits per heavy atom. The number of nitrogens with one attached hydrogen (secondary N) is 1. The molecule has 5 heteroatoms. The fraction of sp³-hybridized carbons (Fsp3) is 0.500. The van der Waals surface area contributed by atoms with E-state index in [-0.39, 0.29) is 5.54 Å². The van der Waals surface area contributed by atoms with Crippen molar-refractivity contribution in [1.82, 2.24) is 15.2 Å². The molecular weight excluding hydrogens is 258 g/mol. The molecule has 0 aromatic carbocycles. The van der Waals surface area contributed by atoms with Gasteiger partial charge in [-0.3, -0.25) is 4.90 Å². The van der Waals surface area contributed by atoms with Crippen LogP contribution in [0, 0.1) is 0 Å². The lowest BCUT2D eigenvalue weighted by molar-refractivity contribution is 0.0814. The molecule has 2 aromatic heterocycles. The van der Waals surface area contributed by atoms with Crippen LogP contribution in [0.25, 0.3) is 10.8 Å². The summed E-state index contributed by atoms with van der Waals surface area (Å²) < 4.78 is 5.58. The van der Waals surface area contributed by atoms with Crippen LogP contribution < -0.4 is 5.32 Å². The van der Waals surface area contributed by atoms with Crippen molar-refractivity contribution in [3.63, 3.8) is 0 Å². The zero-order chi connectivity index (χ0) is 13.3. The Bertz CT molecular complexity index is 533. The Labute approximate surface area is 117 Å². The molecule has 19 heavy (non-hydrogen) atoms. The summed E-state index contributed by atoms with van der Waals surface area (Å²) in [7, 11) is 0. The summed E-state index contributed by atoms with van der Waals surface area (Å²) >= 11 is 1.66. The van der Waals surface area contributed by atoms with E-state index in [1.807, 2.05) is 17.5 Å². The zero-order valence-corrected chi connectivity index (χ0v) is 12.2. The first kappa shape index (κ1) is 12.8. The molecule has 0 saturated carbocycles. The highest BCUT2D eigenvalue weighted by atomic mass is 32.1. The van der Waals surface area contributed by atoms with Crippen molar-refractivity contribution >= 4 is 11.3 Å². The molecule has 1 aliphatic rings. The fourth-order valence-electron chi connectivity index (χ4n) is 2.40. The molecule has 0 spiro atoms. The van der Waals surface area contributed by atoms with Crippen molar-refractivity contribution in [2.24, 2.45) is 0 Å². The van der Waals surface area contributed by atoms with Crippen LogP contribution in [0.15, 0.2) is 28.2 Å². The first-order valence-corrected chi connectivity index (χ1v) is 7.47. The average molecular weight is 277 g/mol. The lowest BCUT2D eigenvalue weighted by Gasteiger charge is -2.42. The number of oxazole rings is 1. The number of aromatic nitrogens is 1. The topological polar surface area (TPSA) is 41.3 Å². The molecular formula is C14H19N3OS. The van der Waals surface area contributed by atoms with Crippen LogP contribution in [0.5, 0.6) is 0 Å². The minimum atomic E-state index is 0.167. The van der Waals surface area contributed by atoms with Gasteiger partial charge in [-0.25, -0.2) is 4.98 Å². The van der Waals surface area contributed by atoms with Crippen LogP contribution >= 0.6 is 11.3 Å². The summed E-state index contributed by atoms with van der Waals surface area (Å²) in [6.07, 6.45) is 1.78. The summed E-state index contributed by atoms with van der Waals surface area (Å²) in [4.78, 5) is 8.14. The molecule has 1 fully saturated rings. The maximum absolute atomic E-state index is 5.58. The van der Waals surface area contributed by atoms with E-state index in [2.05, 4.69) is 29.0 Å². The van der Waals surface area contributed by atoms with Gasteiger partial charge in [0, 0.05) is 31.7 Å². The number of piperazine rings is 1. The standard InChI is InChI=1S/C14H19N3OS/c1-14(2)10-15-5-6-17(14)8-11-9-18-13(16-11)12-4-3-7-19-12/h3-4,7,9,15H,5-6,8,10H2,1-2H3. The van der Waals surface area contributed by atoms with Gasteiger partial charge < -0.3 is 9.73 Å². The summed E-state index contributed by atoms with van der Waals surface area (Å²) in [5.41, 5.74) is 1.18. The lowest BCUT2D eigenvalue weighted by Crippen LogP contribution is -2.57. The maximum atomic E-state index is 5.58. The monoisotopic (exact) mass is 277 g/mol. The Balaban J connectivity index is 1.73. The highest BCUT2D eigenvalue weighted by Crippen LogP contribution is 2.25. The molecule has 1 saturated heterocycles. The molecule has 0 radical (unpaired) electrons. The molecule has 1 aliphatic heterocycles.